The van der Waals surface area contributed by atoms with Crippen LogP contribution in [0.2, 0.25) is 5.02 Å². The van der Waals surface area contributed by atoms with E-state index in [1.165, 1.54) is 36.4 Å². The van der Waals surface area contributed by atoms with Crippen LogP contribution in [0.3, 0.4) is 0 Å². The average Bonchev–Trinajstić information content (AvgIpc) is 2.41. The predicted octanol–water partition coefficient (Wildman–Crippen LogP) is 4.10. The van der Waals surface area contributed by atoms with Crippen LogP contribution in [0, 0.1) is 23.0 Å². The van der Waals surface area contributed by atoms with E-state index in [9.17, 15) is 8.78 Å². The van der Waals surface area contributed by atoms with E-state index in [-0.39, 0.29) is 17.8 Å². The number of hydrogen-bond acceptors (Lipinski definition) is 2. The van der Waals surface area contributed by atoms with E-state index in [2.05, 4.69) is 5.32 Å². The first-order chi connectivity index (χ1) is 9.10. The molecule has 19 heavy (non-hydrogen) atoms. The normalized spacial score (nSPS) is 10.0. The van der Waals surface area contributed by atoms with Crippen LogP contribution in [-0.2, 0) is 6.54 Å². The lowest BCUT2D eigenvalue weighted by molar-refractivity contribution is 0.622. The van der Waals surface area contributed by atoms with Crippen molar-refractivity contribution in [2.24, 2.45) is 0 Å². The Morgan fingerprint density at radius 2 is 1.84 bits per heavy atom. The topological polar surface area (TPSA) is 35.8 Å². The molecule has 5 heteroatoms. The van der Waals surface area contributed by atoms with Crippen molar-refractivity contribution in [2.75, 3.05) is 5.32 Å². The van der Waals surface area contributed by atoms with E-state index in [0.717, 1.165) is 0 Å². The fraction of sp³-hybridized carbons (Fsp3) is 0.0714. The van der Waals surface area contributed by atoms with Crippen molar-refractivity contribution in [1.29, 1.82) is 5.26 Å². The zero-order valence-electron chi connectivity index (χ0n) is 9.75. The second-order valence-electron chi connectivity index (χ2n) is 3.90. The molecule has 0 bridgehead atoms. The van der Waals surface area contributed by atoms with Gasteiger partial charge in [0, 0.05) is 11.6 Å². The van der Waals surface area contributed by atoms with Gasteiger partial charge < -0.3 is 5.32 Å². The summed E-state index contributed by atoms with van der Waals surface area (Å²) in [6.45, 7) is 0.270. The summed E-state index contributed by atoms with van der Waals surface area (Å²) in [6.07, 6.45) is 0. The number of nitrogens with zero attached hydrogens (tertiary/aromatic N) is 1. The van der Waals surface area contributed by atoms with Gasteiger partial charge in [-0.15, -0.1) is 0 Å². The minimum Gasteiger partial charge on any atom is -0.379 e. The molecular formula is C14H9ClF2N2. The fourth-order valence-electron chi connectivity index (χ4n) is 1.60. The smallest absolute Gasteiger partial charge is 0.146 e. The molecule has 2 rings (SSSR count). The molecule has 0 radical (unpaired) electrons. The number of halogens is 3. The van der Waals surface area contributed by atoms with Gasteiger partial charge in [-0.3, -0.25) is 0 Å². The first-order valence-electron chi connectivity index (χ1n) is 5.47. The van der Waals surface area contributed by atoms with E-state index in [1.807, 2.05) is 0 Å². The number of nitrogens with one attached hydrogen (secondary N) is 1. The van der Waals surface area contributed by atoms with Crippen molar-refractivity contribution in [3.63, 3.8) is 0 Å². The van der Waals surface area contributed by atoms with Crippen LogP contribution < -0.4 is 5.32 Å². The number of nitriles is 1. The quantitative estimate of drug-likeness (QED) is 0.917. The Morgan fingerprint density at radius 1 is 1.11 bits per heavy atom. The van der Waals surface area contributed by atoms with Gasteiger partial charge in [0.2, 0.25) is 0 Å². The average molecular weight is 279 g/mol. The molecule has 0 amide bonds. The molecule has 2 nitrogen and oxygen atoms in total. The molecule has 0 atom stereocenters. The monoisotopic (exact) mass is 278 g/mol. The molecule has 0 saturated heterocycles. The van der Waals surface area contributed by atoms with Crippen LogP contribution in [0.15, 0.2) is 36.4 Å². The molecule has 2 aromatic rings. The minimum atomic E-state index is -0.569. The molecule has 0 aliphatic carbocycles. The maximum Gasteiger partial charge on any atom is 0.146 e. The van der Waals surface area contributed by atoms with Gasteiger partial charge in [0.05, 0.1) is 11.3 Å². The van der Waals surface area contributed by atoms with Crippen molar-refractivity contribution in [2.45, 2.75) is 6.54 Å². The Morgan fingerprint density at radius 3 is 2.58 bits per heavy atom. The second kappa shape index (κ2) is 5.68. The first kappa shape index (κ1) is 13.3. The van der Waals surface area contributed by atoms with Crippen LogP contribution in [0.5, 0.6) is 0 Å². The summed E-state index contributed by atoms with van der Waals surface area (Å²) in [5, 5.41) is 12.0. The van der Waals surface area contributed by atoms with Crippen molar-refractivity contribution in [3.05, 3.63) is 64.2 Å². The zero-order chi connectivity index (χ0) is 13.8. The third-order valence-corrected chi connectivity index (χ3v) is 2.80. The highest BCUT2D eigenvalue weighted by Crippen LogP contribution is 2.20. The van der Waals surface area contributed by atoms with Crippen LogP contribution >= 0.6 is 11.6 Å². The van der Waals surface area contributed by atoms with Crippen molar-refractivity contribution >= 4 is 17.3 Å². The molecule has 96 valence electrons. The highest BCUT2D eigenvalue weighted by molar-refractivity contribution is 6.30. The van der Waals surface area contributed by atoms with Crippen LogP contribution in [0.25, 0.3) is 0 Å². The van der Waals surface area contributed by atoms with Gasteiger partial charge in [0.1, 0.15) is 17.7 Å². The lowest BCUT2D eigenvalue weighted by Crippen LogP contribution is -2.02. The van der Waals surface area contributed by atoms with Crippen molar-refractivity contribution < 1.29 is 8.78 Å². The minimum absolute atomic E-state index is 0.0362. The number of benzene rings is 2. The van der Waals surface area contributed by atoms with Gasteiger partial charge in [-0.1, -0.05) is 17.7 Å². The summed E-state index contributed by atoms with van der Waals surface area (Å²) in [4.78, 5) is 0. The molecule has 0 spiro atoms. The van der Waals surface area contributed by atoms with E-state index >= 15 is 0 Å². The standard InChI is InChI=1S/C14H9ClF2N2/c15-11-2-4-13(17)14(6-11)19-8-9-1-3-12(16)10(5-9)7-18/h1-6,19H,8H2. The molecule has 1 N–H and O–H groups in total. The molecular weight excluding hydrogens is 270 g/mol. The van der Waals surface area contributed by atoms with E-state index in [0.29, 0.717) is 10.6 Å². The van der Waals surface area contributed by atoms with Crippen LogP contribution in [-0.4, -0.2) is 0 Å². The highest BCUT2D eigenvalue weighted by atomic mass is 35.5. The molecule has 0 fully saturated rings. The molecule has 0 heterocycles. The lowest BCUT2D eigenvalue weighted by atomic mass is 10.1. The van der Waals surface area contributed by atoms with Crippen LogP contribution in [0.4, 0.5) is 14.5 Å². The molecule has 2 aromatic carbocycles. The van der Waals surface area contributed by atoms with Crippen molar-refractivity contribution in [3.8, 4) is 6.07 Å². The van der Waals surface area contributed by atoms with Gasteiger partial charge in [0.15, 0.2) is 0 Å². The first-order valence-corrected chi connectivity index (χ1v) is 5.85. The van der Waals surface area contributed by atoms with Gasteiger partial charge >= 0.3 is 0 Å². The molecule has 0 aliphatic rings. The Kier molecular flexibility index (Phi) is 3.98. The zero-order valence-corrected chi connectivity index (χ0v) is 10.5. The van der Waals surface area contributed by atoms with Crippen LogP contribution in [0.1, 0.15) is 11.1 Å². The van der Waals surface area contributed by atoms with E-state index in [4.69, 9.17) is 16.9 Å². The third-order valence-electron chi connectivity index (χ3n) is 2.56. The van der Waals surface area contributed by atoms with Gasteiger partial charge in [0.25, 0.3) is 0 Å². The molecule has 0 unspecified atom stereocenters. The molecule has 0 aromatic heterocycles. The maximum absolute atomic E-state index is 13.4. The predicted molar refractivity (Wildman–Crippen MR) is 69.9 cm³/mol. The number of anilines is 1. The van der Waals surface area contributed by atoms with Gasteiger partial charge in [-0.25, -0.2) is 8.78 Å². The maximum atomic E-state index is 13.4. The summed E-state index contributed by atoms with van der Waals surface area (Å²) in [7, 11) is 0. The Labute approximate surface area is 114 Å². The summed E-state index contributed by atoms with van der Waals surface area (Å²) < 4.78 is 26.6. The Bertz CT molecular complexity index is 650. The van der Waals surface area contributed by atoms with Crippen molar-refractivity contribution in [1.82, 2.24) is 0 Å². The Balaban J connectivity index is 2.15. The summed E-state index contributed by atoms with van der Waals surface area (Å²) >= 11 is 5.77. The van der Waals surface area contributed by atoms with E-state index < -0.39 is 11.6 Å². The third kappa shape index (κ3) is 3.21. The summed E-state index contributed by atoms with van der Waals surface area (Å²) in [5.41, 5.74) is 0.901. The highest BCUT2D eigenvalue weighted by Gasteiger charge is 2.05. The lowest BCUT2D eigenvalue weighted by Gasteiger charge is -2.08. The molecule has 0 saturated carbocycles. The summed E-state index contributed by atoms with van der Waals surface area (Å²) in [5.74, 6) is -0.993. The largest absolute Gasteiger partial charge is 0.379 e. The van der Waals surface area contributed by atoms with Gasteiger partial charge in [-0.05, 0) is 35.9 Å². The Hall–Kier alpha value is -2.12. The van der Waals surface area contributed by atoms with E-state index in [1.54, 1.807) is 6.07 Å². The van der Waals surface area contributed by atoms with Gasteiger partial charge in [-0.2, -0.15) is 5.26 Å². The summed E-state index contributed by atoms with van der Waals surface area (Å²) in [6, 6.07) is 10.1. The number of hydrogen-bond donors (Lipinski definition) is 1. The SMILES string of the molecule is N#Cc1cc(CNc2cc(Cl)ccc2F)ccc1F. The number of rotatable bonds is 3. The second-order valence-corrected chi connectivity index (χ2v) is 4.34. The fourth-order valence-corrected chi connectivity index (χ4v) is 1.77. The molecule has 0 aliphatic heterocycles.